The second kappa shape index (κ2) is 4.51. The maximum Gasteiger partial charge on any atom is 0.281 e. The van der Waals surface area contributed by atoms with Crippen molar-refractivity contribution in [3.8, 4) is 0 Å². The van der Waals surface area contributed by atoms with Crippen LogP contribution in [0.5, 0.6) is 0 Å². The summed E-state index contributed by atoms with van der Waals surface area (Å²) < 4.78 is 5.29. The minimum atomic E-state index is 0.203. The van der Waals surface area contributed by atoms with Gasteiger partial charge in [-0.25, -0.2) is 0 Å². The van der Waals surface area contributed by atoms with Gasteiger partial charge in [0.15, 0.2) is 0 Å². The van der Waals surface area contributed by atoms with E-state index >= 15 is 0 Å². The Morgan fingerprint density at radius 3 is 2.57 bits per heavy atom. The third-order valence-electron chi connectivity index (χ3n) is 2.86. The van der Waals surface area contributed by atoms with Gasteiger partial charge in [-0.1, -0.05) is 11.8 Å². The minimum absolute atomic E-state index is 0.203. The van der Waals surface area contributed by atoms with Crippen LogP contribution in [0, 0.1) is 0 Å². The molecule has 0 bridgehead atoms. The molecule has 0 N–H and O–H groups in total. The lowest BCUT2D eigenvalue weighted by molar-refractivity contribution is -0.0176. The number of rotatable bonds is 1. The van der Waals surface area contributed by atoms with E-state index in [0.29, 0.717) is 6.04 Å². The predicted octanol–water partition coefficient (Wildman–Crippen LogP) is 0.486. The van der Waals surface area contributed by atoms with Gasteiger partial charge in [0.05, 0.1) is 13.2 Å². The largest absolute Gasteiger partial charge is 0.379 e. The summed E-state index contributed by atoms with van der Waals surface area (Å²) in [6, 6.07) is 0.579. The molecule has 4 nitrogen and oxygen atoms in total. The lowest BCUT2D eigenvalue weighted by Crippen LogP contribution is -2.62. The van der Waals surface area contributed by atoms with E-state index in [1.165, 1.54) is 11.8 Å². The average Bonchev–Trinajstić information content (AvgIpc) is 2.17. The van der Waals surface area contributed by atoms with Gasteiger partial charge in [-0.05, 0) is 6.26 Å². The number of hydrogen-bond donors (Lipinski definition) is 0. The van der Waals surface area contributed by atoms with Gasteiger partial charge in [-0.15, -0.1) is 0 Å². The van der Waals surface area contributed by atoms with Crippen molar-refractivity contribution in [2.75, 3.05) is 45.6 Å². The molecule has 0 saturated carbocycles. The van der Waals surface area contributed by atoms with E-state index in [1.807, 2.05) is 11.2 Å². The summed E-state index contributed by atoms with van der Waals surface area (Å²) in [4.78, 5) is 15.6. The van der Waals surface area contributed by atoms with Crippen molar-refractivity contribution in [3.63, 3.8) is 0 Å². The summed E-state index contributed by atoms with van der Waals surface area (Å²) >= 11 is 1.30. The monoisotopic (exact) mass is 216 g/mol. The van der Waals surface area contributed by atoms with Gasteiger partial charge in [0.25, 0.3) is 5.24 Å². The van der Waals surface area contributed by atoms with Crippen LogP contribution >= 0.6 is 11.8 Å². The van der Waals surface area contributed by atoms with Crippen molar-refractivity contribution in [1.82, 2.24) is 9.80 Å². The molecule has 0 spiro atoms. The van der Waals surface area contributed by atoms with E-state index in [2.05, 4.69) is 4.90 Å². The Morgan fingerprint density at radius 1 is 1.36 bits per heavy atom. The van der Waals surface area contributed by atoms with E-state index in [1.54, 1.807) is 0 Å². The average molecular weight is 216 g/mol. The first-order valence-corrected chi connectivity index (χ1v) is 6.18. The van der Waals surface area contributed by atoms with Crippen LogP contribution in [0.2, 0.25) is 0 Å². The normalized spacial score (nSPS) is 24.8. The van der Waals surface area contributed by atoms with Crippen LogP contribution in [-0.4, -0.2) is 66.7 Å². The Labute approximate surface area is 88.6 Å². The summed E-state index contributed by atoms with van der Waals surface area (Å²) in [5, 5.41) is 0.203. The second-order valence-electron chi connectivity index (χ2n) is 3.68. The molecular weight excluding hydrogens is 200 g/mol. The molecule has 1 amide bonds. The molecule has 2 aliphatic heterocycles. The zero-order chi connectivity index (χ0) is 9.97. The highest BCUT2D eigenvalue weighted by atomic mass is 32.2. The first-order valence-electron chi connectivity index (χ1n) is 4.96. The molecule has 0 radical (unpaired) electrons. The van der Waals surface area contributed by atoms with Crippen molar-refractivity contribution in [2.45, 2.75) is 6.04 Å². The molecule has 0 atom stereocenters. The number of carbonyl (C=O) groups excluding carboxylic acids is 1. The van der Waals surface area contributed by atoms with Gasteiger partial charge in [0.2, 0.25) is 0 Å². The number of carbonyl (C=O) groups is 1. The number of hydrogen-bond acceptors (Lipinski definition) is 4. The second-order valence-corrected chi connectivity index (χ2v) is 4.43. The maximum absolute atomic E-state index is 11.3. The number of ether oxygens (including phenoxy) is 1. The van der Waals surface area contributed by atoms with Crippen LogP contribution in [0.1, 0.15) is 0 Å². The fourth-order valence-electron chi connectivity index (χ4n) is 1.91. The Kier molecular flexibility index (Phi) is 3.30. The van der Waals surface area contributed by atoms with Gasteiger partial charge >= 0.3 is 0 Å². The fourth-order valence-corrected chi connectivity index (χ4v) is 2.31. The smallest absolute Gasteiger partial charge is 0.281 e. The number of likely N-dealkylation sites (tertiary alicyclic amines) is 1. The molecule has 0 aliphatic carbocycles. The molecule has 5 heteroatoms. The van der Waals surface area contributed by atoms with Gasteiger partial charge in [0, 0.05) is 32.2 Å². The Hall–Kier alpha value is -0.260. The van der Waals surface area contributed by atoms with Crippen molar-refractivity contribution < 1.29 is 9.53 Å². The molecule has 2 heterocycles. The lowest BCUT2D eigenvalue weighted by atomic mass is 10.1. The number of thioether (sulfide) groups is 1. The minimum Gasteiger partial charge on any atom is -0.379 e. The van der Waals surface area contributed by atoms with Crippen molar-refractivity contribution in [3.05, 3.63) is 0 Å². The zero-order valence-electron chi connectivity index (χ0n) is 8.44. The highest BCUT2D eigenvalue weighted by molar-refractivity contribution is 8.12. The zero-order valence-corrected chi connectivity index (χ0v) is 9.26. The molecular formula is C9H16N2O2S. The number of amides is 1. The van der Waals surface area contributed by atoms with Gasteiger partial charge < -0.3 is 9.64 Å². The first-order chi connectivity index (χ1) is 6.81. The summed E-state index contributed by atoms with van der Waals surface area (Å²) in [5.74, 6) is 0. The summed E-state index contributed by atoms with van der Waals surface area (Å²) in [6.07, 6.45) is 1.84. The fraction of sp³-hybridized carbons (Fsp3) is 0.889. The molecule has 2 fully saturated rings. The third kappa shape index (κ3) is 2.04. The highest BCUT2D eigenvalue weighted by Crippen LogP contribution is 2.19. The summed E-state index contributed by atoms with van der Waals surface area (Å²) in [7, 11) is 0. The van der Waals surface area contributed by atoms with E-state index in [4.69, 9.17) is 4.74 Å². The van der Waals surface area contributed by atoms with E-state index in [-0.39, 0.29) is 5.24 Å². The Bertz CT molecular complexity index is 213. The lowest BCUT2D eigenvalue weighted by Gasteiger charge is -2.46. The molecule has 80 valence electrons. The van der Waals surface area contributed by atoms with Gasteiger partial charge in [-0.3, -0.25) is 9.69 Å². The van der Waals surface area contributed by atoms with Crippen LogP contribution in [0.4, 0.5) is 4.79 Å². The van der Waals surface area contributed by atoms with Crippen molar-refractivity contribution in [2.24, 2.45) is 0 Å². The van der Waals surface area contributed by atoms with Crippen LogP contribution in [-0.2, 0) is 4.74 Å². The van der Waals surface area contributed by atoms with Gasteiger partial charge in [-0.2, -0.15) is 0 Å². The highest BCUT2D eigenvalue weighted by Gasteiger charge is 2.34. The molecule has 0 unspecified atom stereocenters. The molecule has 14 heavy (non-hydrogen) atoms. The van der Waals surface area contributed by atoms with Crippen LogP contribution in [0.25, 0.3) is 0 Å². The first kappa shape index (κ1) is 10.3. The Morgan fingerprint density at radius 2 is 2.00 bits per heavy atom. The summed E-state index contributed by atoms with van der Waals surface area (Å²) in [5.41, 5.74) is 0. The standard InChI is InChI=1S/C9H16N2O2S/c1-14-9(12)11-6-8(7-11)10-2-4-13-5-3-10/h8H,2-7H2,1H3. The molecule has 0 aromatic heterocycles. The number of nitrogens with zero attached hydrogens (tertiary/aromatic N) is 2. The third-order valence-corrected chi connectivity index (χ3v) is 3.46. The van der Waals surface area contributed by atoms with E-state index in [0.717, 1.165) is 39.4 Å². The van der Waals surface area contributed by atoms with E-state index < -0.39 is 0 Å². The molecule has 0 aromatic carbocycles. The van der Waals surface area contributed by atoms with Crippen LogP contribution in [0.3, 0.4) is 0 Å². The van der Waals surface area contributed by atoms with E-state index in [9.17, 15) is 4.79 Å². The Balaban J connectivity index is 1.73. The van der Waals surface area contributed by atoms with Crippen molar-refractivity contribution in [1.29, 1.82) is 0 Å². The molecule has 2 saturated heterocycles. The quantitative estimate of drug-likeness (QED) is 0.638. The SMILES string of the molecule is CSC(=O)N1CC(N2CCOCC2)C1. The number of morpholine rings is 1. The van der Waals surface area contributed by atoms with Crippen molar-refractivity contribution >= 4 is 17.0 Å². The maximum atomic E-state index is 11.3. The molecule has 2 rings (SSSR count). The van der Waals surface area contributed by atoms with Gasteiger partial charge in [0.1, 0.15) is 0 Å². The van der Waals surface area contributed by atoms with Crippen LogP contribution in [0.15, 0.2) is 0 Å². The molecule has 0 aromatic rings. The summed E-state index contributed by atoms with van der Waals surface area (Å²) in [6.45, 7) is 5.53. The van der Waals surface area contributed by atoms with Crippen LogP contribution < -0.4 is 0 Å². The predicted molar refractivity (Wildman–Crippen MR) is 56.7 cm³/mol. The topological polar surface area (TPSA) is 32.8 Å². The molecule has 2 aliphatic rings.